The van der Waals surface area contributed by atoms with Crippen LogP contribution in [0.2, 0.25) is 5.15 Å². The van der Waals surface area contributed by atoms with Gasteiger partial charge in [-0.15, -0.1) is 10.2 Å². The Morgan fingerprint density at radius 2 is 2.10 bits per heavy atom. The van der Waals surface area contributed by atoms with Crippen molar-refractivity contribution >= 4 is 28.2 Å². The highest BCUT2D eigenvalue weighted by atomic mass is 35.5. The second-order valence-corrected chi connectivity index (χ2v) is 5.38. The van der Waals surface area contributed by atoms with Crippen LogP contribution in [0, 0.1) is 0 Å². The molecule has 0 saturated carbocycles. The van der Waals surface area contributed by atoms with Gasteiger partial charge in [-0.25, -0.2) is 0 Å². The molecule has 0 radical (unpaired) electrons. The minimum absolute atomic E-state index is 0.282. The Labute approximate surface area is 123 Å². The third-order valence-electron chi connectivity index (χ3n) is 3.70. The summed E-state index contributed by atoms with van der Waals surface area (Å²) in [5.41, 5.74) is 0. The Bertz CT molecular complexity index is 603. The smallest absolute Gasteiger partial charge is 0.159 e. The van der Waals surface area contributed by atoms with E-state index in [-0.39, 0.29) is 6.10 Å². The summed E-state index contributed by atoms with van der Waals surface area (Å²) in [6.45, 7) is 4.65. The summed E-state index contributed by atoms with van der Waals surface area (Å²) in [4.78, 5) is 2.26. The summed E-state index contributed by atoms with van der Waals surface area (Å²) in [5, 5.41) is 10.9. The van der Waals surface area contributed by atoms with Crippen LogP contribution in [0.3, 0.4) is 0 Å². The zero-order chi connectivity index (χ0) is 13.9. The molecule has 2 aromatic rings. The summed E-state index contributed by atoms with van der Waals surface area (Å²) in [6.07, 6.45) is 2.51. The molecule has 106 valence electrons. The van der Waals surface area contributed by atoms with Gasteiger partial charge in [-0.3, -0.25) is 0 Å². The van der Waals surface area contributed by atoms with Gasteiger partial charge < -0.3 is 9.64 Å². The Morgan fingerprint density at radius 1 is 1.30 bits per heavy atom. The third-order valence-corrected chi connectivity index (χ3v) is 3.98. The van der Waals surface area contributed by atoms with Crippen LogP contribution in [0.1, 0.15) is 19.8 Å². The summed E-state index contributed by atoms with van der Waals surface area (Å²) in [7, 11) is 0. The van der Waals surface area contributed by atoms with E-state index in [1.807, 2.05) is 25.1 Å². The van der Waals surface area contributed by atoms with Crippen LogP contribution in [-0.4, -0.2) is 36.0 Å². The summed E-state index contributed by atoms with van der Waals surface area (Å²) >= 11 is 6.13. The summed E-state index contributed by atoms with van der Waals surface area (Å²) in [5.74, 6) is 0.911. The number of rotatable bonds is 3. The molecule has 1 fully saturated rings. The van der Waals surface area contributed by atoms with E-state index in [1.54, 1.807) is 0 Å². The molecule has 0 spiro atoms. The van der Waals surface area contributed by atoms with Gasteiger partial charge in [0.2, 0.25) is 0 Å². The van der Waals surface area contributed by atoms with E-state index in [1.165, 1.54) is 0 Å². The number of halogens is 1. The van der Waals surface area contributed by atoms with Crippen molar-refractivity contribution in [2.75, 3.05) is 24.6 Å². The number of aromatic nitrogens is 2. The van der Waals surface area contributed by atoms with Gasteiger partial charge in [0.15, 0.2) is 11.0 Å². The minimum Gasteiger partial charge on any atom is -0.377 e. The molecule has 0 amide bonds. The molecule has 2 heterocycles. The molecule has 4 nitrogen and oxygen atoms in total. The largest absolute Gasteiger partial charge is 0.377 e. The fourth-order valence-electron chi connectivity index (χ4n) is 2.79. The maximum atomic E-state index is 6.13. The average Bonchev–Trinajstić information content (AvgIpc) is 2.49. The van der Waals surface area contributed by atoms with Gasteiger partial charge in [0.05, 0.1) is 6.10 Å². The Kier molecular flexibility index (Phi) is 4.03. The number of benzene rings is 1. The molecule has 1 atom stereocenters. The summed E-state index contributed by atoms with van der Waals surface area (Å²) < 4.78 is 5.75. The highest BCUT2D eigenvalue weighted by Gasteiger charge is 2.23. The number of piperidine rings is 1. The molecule has 5 heteroatoms. The second-order valence-electron chi connectivity index (χ2n) is 5.03. The van der Waals surface area contributed by atoms with Crippen molar-refractivity contribution in [1.29, 1.82) is 0 Å². The standard InChI is InChI=1S/C15H18ClN3O/c1-2-20-11-6-5-9-19(10-11)15-13-8-4-3-7-12(13)14(16)17-18-15/h3-4,7-8,11H,2,5-6,9-10H2,1H3. The van der Waals surface area contributed by atoms with Gasteiger partial charge in [-0.05, 0) is 19.8 Å². The van der Waals surface area contributed by atoms with Crippen LogP contribution in [0.15, 0.2) is 24.3 Å². The SMILES string of the molecule is CCOC1CCCN(c2nnc(Cl)c3ccccc23)C1. The predicted molar refractivity (Wildman–Crippen MR) is 81.4 cm³/mol. The number of fused-ring (bicyclic) bond motifs is 1. The highest BCUT2D eigenvalue weighted by Crippen LogP contribution is 2.30. The van der Waals surface area contributed by atoms with Gasteiger partial charge in [-0.1, -0.05) is 35.9 Å². The van der Waals surface area contributed by atoms with Crippen LogP contribution in [-0.2, 0) is 4.74 Å². The molecule has 0 aliphatic carbocycles. The number of hydrogen-bond acceptors (Lipinski definition) is 4. The van der Waals surface area contributed by atoms with Crippen molar-refractivity contribution < 1.29 is 4.74 Å². The van der Waals surface area contributed by atoms with Crippen molar-refractivity contribution in [2.24, 2.45) is 0 Å². The number of hydrogen-bond donors (Lipinski definition) is 0. The monoisotopic (exact) mass is 291 g/mol. The molecule has 1 aromatic carbocycles. The average molecular weight is 292 g/mol. The maximum Gasteiger partial charge on any atom is 0.159 e. The van der Waals surface area contributed by atoms with E-state index < -0.39 is 0 Å². The quantitative estimate of drug-likeness (QED) is 0.870. The van der Waals surface area contributed by atoms with Gasteiger partial charge >= 0.3 is 0 Å². The Morgan fingerprint density at radius 3 is 2.90 bits per heavy atom. The fourth-order valence-corrected chi connectivity index (χ4v) is 3.00. The van der Waals surface area contributed by atoms with Crippen molar-refractivity contribution in [1.82, 2.24) is 10.2 Å². The van der Waals surface area contributed by atoms with Crippen LogP contribution in [0.4, 0.5) is 5.82 Å². The fraction of sp³-hybridized carbons (Fsp3) is 0.467. The highest BCUT2D eigenvalue weighted by molar-refractivity contribution is 6.34. The molecule has 0 bridgehead atoms. The van der Waals surface area contributed by atoms with Crippen LogP contribution in [0.25, 0.3) is 10.8 Å². The maximum absolute atomic E-state index is 6.13. The predicted octanol–water partition coefficient (Wildman–Crippen LogP) is 3.29. The van der Waals surface area contributed by atoms with Crippen LogP contribution < -0.4 is 4.90 Å². The normalized spacial score (nSPS) is 19.5. The first-order valence-electron chi connectivity index (χ1n) is 7.07. The van der Waals surface area contributed by atoms with E-state index in [0.717, 1.165) is 49.1 Å². The molecule has 1 unspecified atom stereocenters. The zero-order valence-corrected chi connectivity index (χ0v) is 12.3. The van der Waals surface area contributed by atoms with Gasteiger partial charge in [0, 0.05) is 30.5 Å². The molecule has 1 aliphatic heterocycles. The molecule has 3 rings (SSSR count). The van der Waals surface area contributed by atoms with Crippen molar-refractivity contribution in [2.45, 2.75) is 25.9 Å². The third kappa shape index (κ3) is 2.58. The lowest BCUT2D eigenvalue weighted by Gasteiger charge is -2.33. The molecule has 1 aliphatic rings. The minimum atomic E-state index is 0.282. The van der Waals surface area contributed by atoms with E-state index >= 15 is 0 Å². The molecular formula is C15H18ClN3O. The molecule has 1 aromatic heterocycles. The number of anilines is 1. The lowest BCUT2D eigenvalue weighted by molar-refractivity contribution is 0.0525. The first-order chi connectivity index (χ1) is 9.79. The van der Waals surface area contributed by atoms with Crippen molar-refractivity contribution in [3.8, 4) is 0 Å². The first kappa shape index (κ1) is 13.6. The zero-order valence-electron chi connectivity index (χ0n) is 11.6. The van der Waals surface area contributed by atoms with E-state index in [4.69, 9.17) is 16.3 Å². The topological polar surface area (TPSA) is 38.2 Å². The Hall–Kier alpha value is -1.39. The second kappa shape index (κ2) is 5.94. The van der Waals surface area contributed by atoms with Crippen LogP contribution in [0.5, 0.6) is 0 Å². The van der Waals surface area contributed by atoms with Crippen molar-refractivity contribution in [3.63, 3.8) is 0 Å². The molecule has 0 N–H and O–H groups in total. The molecule has 1 saturated heterocycles. The van der Waals surface area contributed by atoms with E-state index in [2.05, 4.69) is 21.2 Å². The lowest BCUT2D eigenvalue weighted by Crippen LogP contribution is -2.40. The summed E-state index contributed by atoms with van der Waals surface area (Å²) in [6, 6.07) is 8.02. The first-order valence-corrected chi connectivity index (χ1v) is 7.45. The number of ether oxygens (including phenoxy) is 1. The molecular weight excluding hydrogens is 274 g/mol. The van der Waals surface area contributed by atoms with Crippen LogP contribution >= 0.6 is 11.6 Å². The molecule has 20 heavy (non-hydrogen) atoms. The van der Waals surface area contributed by atoms with Gasteiger partial charge in [0.1, 0.15) is 0 Å². The van der Waals surface area contributed by atoms with Gasteiger partial charge in [-0.2, -0.15) is 0 Å². The van der Waals surface area contributed by atoms with E-state index in [9.17, 15) is 0 Å². The van der Waals surface area contributed by atoms with Crippen molar-refractivity contribution in [3.05, 3.63) is 29.4 Å². The number of nitrogens with zero attached hydrogens (tertiary/aromatic N) is 3. The Balaban J connectivity index is 1.95. The van der Waals surface area contributed by atoms with E-state index in [0.29, 0.717) is 5.15 Å². The lowest BCUT2D eigenvalue weighted by atomic mass is 10.1. The van der Waals surface area contributed by atoms with Gasteiger partial charge in [0.25, 0.3) is 0 Å².